The number of methoxy groups -OCH3 is 1. The summed E-state index contributed by atoms with van der Waals surface area (Å²) in [6.07, 6.45) is 0. The highest BCUT2D eigenvalue weighted by molar-refractivity contribution is 6.08. The van der Waals surface area contributed by atoms with Crippen LogP contribution in [0.4, 0.5) is 15.8 Å². The predicted molar refractivity (Wildman–Crippen MR) is 76.5 cm³/mol. The van der Waals surface area contributed by atoms with Crippen LogP contribution in [-0.4, -0.2) is 20.1 Å². The van der Waals surface area contributed by atoms with Gasteiger partial charge in [-0.15, -0.1) is 0 Å². The number of benzene rings is 2. The second-order valence-corrected chi connectivity index (χ2v) is 4.28. The van der Waals surface area contributed by atoms with Crippen LogP contribution in [0.2, 0.25) is 0 Å². The number of carbonyl (C=O) groups excluding carboxylic acids is 1. The fourth-order valence-electron chi connectivity index (χ4n) is 1.91. The highest BCUT2D eigenvalue weighted by atomic mass is 19.1. The van der Waals surface area contributed by atoms with E-state index in [9.17, 15) is 9.18 Å². The lowest BCUT2D eigenvalue weighted by molar-refractivity contribution is 0.0989. The Balaban J connectivity index is 2.41. The number of nitrogen functional groups attached to an aromatic ring is 1. The predicted octanol–water partition coefficient (Wildman–Crippen LogP) is 2.69. The van der Waals surface area contributed by atoms with Crippen molar-refractivity contribution in [3.05, 3.63) is 53.8 Å². The number of ether oxygens (including phenoxy) is 1. The normalized spacial score (nSPS) is 10.2. The van der Waals surface area contributed by atoms with Gasteiger partial charge in [0.2, 0.25) is 0 Å². The molecule has 0 spiro atoms. The van der Waals surface area contributed by atoms with Gasteiger partial charge in [-0.3, -0.25) is 4.79 Å². The monoisotopic (exact) mass is 274 g/mol. The minimum absolute atomic E-state index is 0.196. The van der Waals surface area contributed by atoms with Crippen molar-refractivity contribution in [1.29, 1.82) is 0 Å². The van der Waals surface area contributed by atoms with E-state index < -0.39 is 5.82 Å². The largest absolute Gasteiger partial charge is 0.496 e. The Hall–Kier alpha value is -2.56. The summed E-state index contributed by atoms with van der Waals surface area (Å²) in [5.41, 5.74) is 6.62. The van der Waals surface area contributed by atoms with Gasteiger partial charge in [-0.2, -0.15) is 0 Å². The molecule has 0 aliphatic rings. The van der Waals surface area contributed by atoms with E-state index in [0.717, 1.165) is 0 Å². The summed E-state index contributed by atoms with van der Waals surface area (Å²) in [6, 6.07) is 10.8. The van der Waals surface area contributed by atoms with Crippen LogP contribution >= 0.6 is 0 Å². The molecule has 1 amide bonds. The number of para-hydroxylation sites is 1. The zero-order chi connectivity index (χ0) is 14.7. The van der Waals surface area contributed by atoms with Crippen molar-refractivity contribution in [2.45, 2.75) is 0 Å². The summed E-state index contributed by atoms with van der Waals surface area (Å²) < 4.78 is 18.9. The van der Waals surface area contributed by atoms with Crippen LogP contribution < -0.4 is 15.4 Å². The number of hydrogen-bond donors (Lipinski definition) is 1. The second kappa shape index (κ2) is 5.61. The number of rotatable bonds is 3. The van der Waals surface area contributed by atoms with Gasteiger partial charge in [-0.25, -0.2) is 4.39 Å². The molecule has 0 saturated carbocycles. The van der Waals surface area contributed by atoms with E-state index in [1.807, 2.05) is 0 Å². The molecule has 0 bridgehead atoms. The number of anilines is 2. The van der Waals surface area contributed by atoms with Gasteiger partial charge in [-0.05, 0) is 30.3 Å². The molecule has 20 heavy (non-hydrogen) atoms. The summed E-state index contributed by atoms with van der Waals surface area (Å²) in [6.45, 7) is 0. The van der Waals surface area contributed by atoms with Crippen molar-refractivity contribution in [3.8, 4) is 5.75 Å². The minimum atomic E-state index is -0.466. The first kappa shape index (κ1) is 13.9. The summed E-state index contributed by atoms with van der Waals surface area (Å²) in [4.78, 5) is 13.7. The van der Waals surface area contributed by atoms with Crippen LogP contribution in [0, 0.1) is 5.82 Å². The first-order valence-electron chi connectivity index (χ1n) is 6.00. The maximum Gasteiger partial charge on any atom is 0.261 e. The molecule has 0 aliphatic heterocycles. The van der Waals surface area contributed by atoms with E-state index in [2.05, 4.69) is 0 Å². The van der Waals surface area contributed by atoms with E-state index in [1.54, 1.807) is 24.3 Å². The number of hydrogen-bond acceptors (Lipinski definition) is 3. The van der Waals surface area contributed by atoms with Gasteiger partial charge in [0.1, 0.15) is 11.6 Å². The number of nitrogens with zero attached hydrogens (tertiary/aromatic N) is 1. The Morgan fingerprint density at radius 2 is 1.95 bits per heavy atom. The molecule has 2 N–H and O–H groups in total. The van der Waals surface area contributed by atoms with Crippen molar-refractivity contribution < 1.29 is 13.9 Å². The SMILES string of the molecule is COc1ccc(N)cc1C(=O)N(C)c1ccccc1F. The molecule has 5 heteroatoms. The number of amides is 1. The lowest BCUT2D eigenvalue weighted by Gasteiger charge is -2.19. The molecule has 2 rings (SSSR count). The van der Waals surface area contributed by atoms with Crippen LogP contribution in [0.3, 0.4) is 0 Å². The Labute approximate surface area is 116 Å². The van der Waals surface area contributed by atoms with Gasteiger partial charge in [0.15, 0.2) is 0 Å². The topological polar surface area (TPSA) is 55.6 Å². The Morgan fingerprint density at radius 1 is 1.25 bits per heavy atom. The third kappa shape index (κ3) is 2.56. The molecule has 0 unspecified atom stereocenters. The minimum Gasteiger partial charge on any atom is -0.496 e. The highest BCUT2D eigenvalue weighted by Gasteiger charge is 2.20. The van der Waals surface area contributed by atoms with Gasteiger partial charge >= 0.3 is 0 Å². The van der Waals surface area contributed by atoms with E-state index in [0.29, 0.717) is 17.0 Å². The van der Waals surface area contributed by atoms with Gasteiger partial charge in [0, 0.05) is 12.7 Å². The molecule has 0 aromatic heterocycles. The smallest absolute Gasteiger partial charge is 0.261 e. The first-order valence-corrected chi connectivity index (χ1v) is 6.00. The van der Waals surface area contributed by atoms with E-state index in [-0.39, 0.29) is 11.6 Å². The average molecular weight is 274 g/mol. The fraction of sp³-hybridized carbons (Fsp3) is 0.133. The number of halogens is 1. The van der Waals surface area contributed by atoms with Crippen LogP contribution in [0.25, 0.3) is 0 Å². The maximum absolute atomic E-state index is 13.7. The summed E-state index contributed by atoms with van der Waals surface area (Å²) in [5.74, 6) is -0.460. The molecule has 0 atom stereocenters. The maximum atomic E-state index is 13.7. The number of carbonyl (C=O) groups is 1. The van der Waals surface area contributed by atoms with Crippen molar-refractivity contribution in [2.75, 3.05) is 24.8 Å². The molecule has 0 heterocycles. The lowest BCUT2D eigenvalue weighted by atomic mass is 10.1. The van der Waals surface area contributed by atoms with E-state index in [1.165, 1.54) is 37.3 Å². The standard InChI is InChI=1S/C15H15FN2O2/c1-18(13-6-4-3-5-12(13)16)15(19)11-9-10(17)7-8-14(11)20-2/h3-9H,17H2,1-2H3. The molecule has 2 aromatic rings. The number of nitrogens with two attached hydrogens (primary N) is 1. The zero-order valence-electron chi connectivity index (χ0n) is 11.3. The van der Waals surface area contributed by atoms with Crippen LogP contribution in [0.1, 0.15) is 10.4 Å². The third-order valence-corrected chi connectivity index (χ3v) is 2.97. The Morgan fingerprint density at radius 3 is 2.60 bits per heavy atom. The van der Waals surface area contributed by atoms with Crippen molar-refractivity contribution >= 4 is 17.3 Å². The quantitative estimate of drug-likeness (QED) is 0.875. The van der Waals surface area contributed by atoms with Gasteiger partial charge in [-0.1, -0.05) is 12.1 Å². The van der Waals surface area contributed by atoms with Gasteiger partial charge in [0.05, 0.1) is 18.4 Å². The van der Waals surface area contributed by atoms with Crippen molar-refractivity contribution in [2.24, 2.45) is 0 Å². The molecule has 2 aromatic carbocycles. The Kier molecular flexibility index (Phi) is 3.89. The van der Waals surface area contributed by atoms with E-state index >= 15 is 0 Å². The molecule has 0 saturated heterocycles. The Bertz CT molecular complexity index is 644. The summed E-state index contributed by atoms with van der Waals surface area (Å²) in [7, 11) is 2.97. The molecule has 0 aliphatic carbocycles. The van der Waals surface area contributed by atoms with Crippen molar-refractivity contribution in [1.82, 2.24) is 0 Å². The van der Waals surface area contributed by atoms with Crippen LogP contribution in [-0.2, 0) is 0 Å². The molecule has 104 valence electrons. The molecule has 0 fully saturated rings. The van der Waals surface area contributed by atoms with Crippen molar-refractivity contribution in [3.63, 3.8) is 0 Å². The highest BCUT2D eigenvalue weighted by Crippen LogP contribution is 2.25. The lowest BCUT2D eigenvalue weighted by Crippen LogP contribution is -2.27. The average Bonchev–Trinajstić information content (AvgIpc) is 2.46. The molecule has 4 nitrogen and oxygen atoms in total. The summed E-state index contributed by atoms with van der Waals surface area (Å²) >= 11 is 0. The first-order chi connectivity index (χ1) is 9.54. The molecular formula is C15H15FN2O2. The molecule has 0 radical (unpaired) electrons. The second-order valence-electron chi connectivity index (χ2n) is 4.28. The zero-order valence-corrected chi connectivity index (χ0v) is 11.3. The molecular weight excluding hydrogens is 259 g/mol. The fourth-order valence-corrected chi connectivity index (χ4v) is 1.91. The van der Waals surface area contributed by atoms with E-state index in [4.69, 9.17) is 10.5 Å². The van der Waals surface area contributed by atoms with Crippen LogP contribution in [0.5, 0.6) is 5.75 Å². The summed E-state index contributed by atoms with van der Waals surface area (Å²) in [5, 5.41) is 0. The van der Waals surface area contributed by atoms with Gasteiger partial charge < -0.3 is 15.4 Å². The van der Waals surface area contributed by atoms with Crippen LogP contribution in [0.15, 0.2) is 42.5 Å². The van der Waals surface area contributed by atoms with Gasteiger partial charge in [0.25, 0.3) is 5.91 Å². The third-order valence-electron chi connectivity index (χ3n) is 2.97.